The van der Waals surface area contributed by atoms with E-state index in [1.54, 1.807) is 0 Å². The molecule has 0 spiro atoms. The molecule has 13 rings (SSSR count). The van der Waals surface area contributed by atoms with Gasteiger partial charge in [-0.05, 0) is 93.5 Å². The zero-order valence-electron chi connectivity index (χ0n) is 33.4. The van der Waals surface area contributed by atoms with Crippen molar-refractivity contribution < 1.29 is 4.42 Å². The number of thiophene rings is 1. The first kappa shape index (κ1) is 32.8. The molecule has 278 valence electrons. The van der Waals surface area contributed by atoms with Gasteiger partial charge in [-0.1, -0.05) is 114 Å². The van der Waals surface area contributed by atoms with Crippen molar-refractivity contribution in [3.8, 4) is 5.69 Å². The van der Waals surface area contributed by atoms with Crippen molar-refractivity contribution in [1.29, 1.82) is 0 Å². The fourth-order valence-corrected chi connectivity index (χ4v) is 11.5. The number of nitrogens with zero attached hydrogens (tertiary/aromatic N) is 3. The summed E-state index contributed by atoms with van der Waals surface area (Å²) in [5, 5.41) is 6.32. The Balaban J connectivity index is 1.19. The zero-order chi connectivity index (χ0) is 39.0. The van der Waals surface area contributed by atoms with Gasteiger partial charge >= 0.3 is 0 Å². The summed E-state index contributed by atoms with van der Waals surface area (Å²) in [7, 11) is 0. The number of para-hydroxylation sites is 3. The van der Waals surface area contributed by atoms with Crippen LogP contribution < -0.4 is 26.4 Å². The summed E-state index contributed by atoms with van der Waals surface area (Å²) in [6.07, 6.45) is 0. The van der Waals surface area contributed by atoms with E-state index in [9.17, 15) is 0 Å². The molecule has 3 aliphatic rings. The maximum atomic E-state index is 7.29. The first-order valence-electron chi connectivity index (χ1n) is 20.5. The molecular formula is C52H40BN3OS. The van der Waals surface area contributed by atoms with E-state index in [1.807, 2.05) is 11.3 Å². The van der Waals surface area contributed by atoms with Crippen molar-refractivity contribution in [3.05, 3.63) is 145 Å². The van der Waals surface area contributed by atoms with E-state index in [-0.39, 0.29) is 17.5 Å². The average Bonchev–Trinajstić information content (AvgIpc) is 3.89. The average molecular weight is 766 g/mol. The van der Waals surface area contributed by atoms with Gasteiger partial charge in [0.2, 0.25) is 0 Å². The molecule has 0 amide bonds. The molecule has 7 aromatic carbocycles. The Morgan fingerprint density at radius 3 is 2.05 bits per heavy atom. The Labute approximate surface area is 341 Å². The minimum atomic E-state index is -0.114. The van der Waals surface area contributed by atoms with E-state index in [0.717, 1.165) is 28.0 Å². The van der Waals surface area contributed by atoms with Crippen LogP contribution in [-0.4, -0.2) is 11.3 Å². The molecule has 0 fully saturated rings. The topological polar surface area (TPSA) is 24.6 Å². The van der Waals surface area contributed by atoms with Gasteiger partial charge in [0.15, 0.2) is 0 Å². The predicted molar refractivity (Wildman–Crippen MR) is 248 cm³/mol. The molecule has 10 aromatic rings. The number of anilines is 6. The molecule has 0 saturated heterocycles. The van der Waals surface area contributed by atoms with E-state index >= 15 is 0 Å². The number of hydrogen-bond donors (Lipinski definition) is 0. The van der Waals surface area contributed by atoms with E-state index in [4.69, 9.17) is 4.42 Å². The van der Waals surface area contributed by atoms with Crippen LogP contribution in [0, 0.1) is 0 Å². The van der Waals surface area contributed by atoms with Gasteiger partial charge in [0.1, 0.15) is 5.58 Å². The number of aromatic nitrogens is 1. The molecule has 0 bridgehead atoms. The fourth-order valence-electron chi connectivity index (χ4n) is 10.4. The lowest BCUT2D eigenvalue weighted by molar-refractivity contribution is 0.590. The van der Waals surface area contributed by atoms with Crippen LogP contribution in [-0.2, 0) is 10.8 Å². The minimum Gasteiger partial charge on any atom is -0.468 e. The highest BCUT2D eigenvalue weighted by atomic mass is 32.1. The quantitative estimate of drug-likeness (QED) is 0.156. The number of hydrogen-bond acceptors (Lipinski definition) is 4. The van der Waals surface area contributed by atoms with E-state index in [2.05, 4.69) is 189 Å². The summed E-state index contributed by atoms with van der Waals surface area (Å²) >= 11 is 1.88. The third kappa shape index (κ3) is 4.11. The lowest BCUT2D eigenvalue weighted by atomic mass is 9.35. The monoisotopic (exact) mass is 765 g/mol. The number of rotatable bonds is 1. The largest absolute Gasteiger partial charge is 0.468 e. The second-order valence-electron chi connectivity index (χ2n) is 18.6. The molecule has 0 atom stereocenters. The number of furan rings is 1. The summed E-state index contributed by atoms with van der Waals surface area (Å²) < 4.78 is 12.4. The van der Waals surface area contributed by atoms with Crippen LogP contribution in [0.25, 0.3) is 58.6 Å². The van der Waals surface area contributed by atoms with Crippen molar-refractivity contribution in [2.45, 2.75) is 52.4 Å². The first-order chi connectivity index (χ1) is 28.0. The third-order valence-corrected chi connectivity index (χ3v) is 14.3. The molecular weight excluding hydrogens is 725 g/mol. The first-order valence-corrected chi connectivity index (χ1v) is 21.3. The van der Waals surface area contributed by atoms with Gasteiger partial charge in [0, 0.05) is 53.4 Å². The Kier molecular flexibility index (Phi) is 6.12. The van der Waals surface area contributed by atoms with Gasteiger partial charge in [-0.15, -0.1) is 11.3 Å². The van der Waals surface area contributed by atoms with Crippen LogP contribution in [0.2, 0.25) is 0 Å². The van der Waals surface area contributed by atoms with Crippen molar-refractivity contribution in [2.24, 2.45) is 0 Å². The SMILES string of the molecule is CC(C)(C)c1cc2c3c(c1)N1c4c(cccc4-n4c5ccccc5c5cccc1c54)B3c1oc3ccc(C(C)(C)C)cc3c1N2c1ccc2c(c1)sc1ccccc12. The minimum absolute atomic E-state index is 0.0274. The van der Waals surface area contributed by atoms with Gasteiger partial charge in [-0.2, -0.15) is 0 Å². The second-order valence-corrected chi connectivity index (χ2v) is 19.7. The van der Waals surface area contributed by atoms with Crippen LogP contribution in [0.15, 0.2) is 138 Å². The van der Waals surface area contributed by atoms with Crippen molar-refractivity contribution in [3.63, 3.8) is 0 Å². The maximum Gasteiger partial charge on any atom is 0.297 e. The Hall–Kier alpha value is -6.24. The van der Waals surface area contributed by atoms with Gasteiger partial charge in [-0.3, -0.25) is 0 Å². The summed E-state index contributed by atoms with van der Waals surface area (Å²) in [4.78, 5) is 5.15. The summed E-state index contributed by atoms with van der Waals surface area (Å²) in [5.74, 6) is 0. The number of benzene rings is 7. The molecule has 0 aliphatic carbocycles. The van der Waals surface area contributed by atoms with Crippen LogP contribution >= 0.6 is 11.3 Å². The highest BCUT2D eigenvalue weighted by molar-refractivity contribution is 7.25. The third-order valence-electron chi connectivity index (χ3n) is 13.2. The summed E-state index contributed by atoms with van der Waals surface area (Å²) in [5.41, 5.74) is 17.8. The second kappa shape index (κ2) is 10.8. The smallest absolute Gasteiger partial charge is 0.297 e. The van der Waals surface area contributed by atoms with Crippen molar-refractivity contribution >= 4 is 122 Å². The van der Waals surface area contributed by atoms with Crippen LogP contribution in [0.1, 0.15) is 52.7 Å². The highest BCUT2D eigenvalue weighted by Gasteiger charge is 2.49. The van der Waals surface area contributed by atoms with Crippen LogP contribution in [0.4, 0.5) is 34.1 Å². The molecule has 0 unspecified atom stereocenters. The molecule has 4 nitrogen and oxygen atoms in total. The van der Waals surface area contributed by atoms with Gasteiger partial charge in [-0.25, -0.2) is 0 Å². The van der Waals surface area contributed by atoms with Crippen LogP contribution in [0.3, 0.4) is 0 Å². The summed E-state index contributed by atoms with van der Waals surface area (Å²) in [6.45, 7) is 13.8. The lowest BCUT2D eigenvalue weighted by Gasteiger charge is -2.45. The standard InChI is InChI=1S/C52H40BN3OS/c1-51(2,3)29-21-24-43-36(25-29)48-50(57-43)53-37-16-12-19-40-49(37)56(39-18-11-15-35-32-13-7-9-17-38(32)55(40)47(35)39)42-27-30(52(4,5)6)26-41(46(42)53)54(48)31-22-23-34-33-14-8-10-20-44(33)58-45(34)28-31/h7-28H,1-6H3. The molecule has 0 radical (unpaired) electrons. The molecule has 3 aromatic heterocycles. The van der Waals surface area contributed by atoms with E-state index in [0.29, 0.717) is 0 Å². The molecule has 3 aliphatic heterocycles. The van der Waals surface area contributed by atoms with Crippen molar-refractivity contribution in [2.75, 3.05) is 9.80 Å². The maximum absolute atomic E-state index is 7.29. The molecule has 6 heteroatoms. The Morgan fingerprint density at radius 2 is 1.22 bits per heavy atom. The molecule has 0 N–H and O–H groups in total. The van der Waals surface area contributed by atoms with Gasteiger partial charge in [0.05, 0.1) is 39.4 Å². The fraction of sp³-hybridized carbons (Fsp3) is 0.154. The van der Waals surface area contributed by atoms with E-state index < -0.39 is 0 Å². The molecule has 6 heterocycles. The highest BCUT2D eigenvalue weighted by Crippen LogP contribution is 2.54. The molecule has 0 saturated carbocycles. The van der Waals surface area contributed by atoms with Gasteiger partial charge in [0.25, 0.3) is 6.71 Å². The molecule has 58 heavy (non-hydrogen) atoms. The van der Waals surface area contributed by atoms with Crippen molar-refractivity contribution in [1.82, 2.24) is 4.57 Å². The Morgan fingerprint density at radius 1 is 0.517 bits per heavy atom. The van der Waals surface area contributed by atoms with Gasteiger partial charge < -0.3 is 18.8 Å². The number of fused-ring (bicyclic) bond motifs is 14. The predicted octanol–water partition coefficient (Wildman–Crippen LogP) is 12.9. The van der Waals surface area contributed by atoms with E-state index in [1.165, 1.54) is 92.5 Å². The van der Waals surface area contributed by atoms with Crippen LogP contribution in [0.5, 0.6) is 0 Å². The zero-order valence-corrected chi connectivity index (χ0v) is 34.3. The summed E-state index contributed by atoms with van der Waals surface area (Å²) in [6, 6.07) is 50.4. The Bertz CT molecular complexity index is 3460. The normalized spacial score (nSPS) is 14.3. The lowest BCUT2D eigenvalue weighted by Crippen LogP contribution is -2.61.